The van der Waals surface area contributed by atoms with Crippen LogP contribution in [0.5, 0.6) is 0 Å². The van der Waals surface area contributed by atoms with Crippen molar-refractivity contribution in [2.45, 2.75) is 6.54 Å². The predicted octanol–water partition coefficient (Wildman–Crippen LogP) is 2.96. The lowest BCUT2D eigenvalue weighted by Crippen LogP contribution is -2.41. The third-order valence-corrected chi connectivity index (χ3v) is 6.59. The summed E-state index contributed by atoms with van der Waals surface area (Å²) in [6.07, 6.45) is 4.53. The number of oxazole rings is 1. The highest BCUT2D eigenvalue weighted by atomic mass is 19.1. The van der Waals surface area contributed by atoms with Crippen molar-refractivity contribution in [1.82, 2.24) is 25.0 Å². The standard InChI is InChI=1S/C24H21FN6O3/c25-19-4-1-2-5-22(19)31-21-7-3-6-20(17(21)10-28-31)30-12-15-11-29(13-18(15)23(30)32)24(33)27-9-16-8-26-14-34-16/h1-8,10,14-15,18H,9,11-13H2,(H,27,33)/t15-,18-/m0/s1. The maximum Gasteiger partial charge on any atom is 0.317 e. The number of hydrogen-bond donors (Lipinski definition) is 1. The number of nitrogens with zero attached hydrogens (tertiary/aromatic N) is 5. The molecule has 172 valence electrons. The van der Waals surface area contributed by atoms with Crippen LogP contribution >= 0.6 is 0 Å². The highest BCUT2D eigenvalue weighted by Crippen LogP contribution is 2.38. The SMILES string of the molecule is O=C(NCc1cnco1)N1C[C@H]2CN(c3cccc4c3cnn4-c3ccccc3F)C(=O)[C@H]2C1. The number of nitrogens with one attached hydrogen (secondary N) is 1. The summed E-state index contributed by atoms with van der Waals surface area (Å²) in [6.45, 7) is 1.63. The monoisotopic (exact) mass is 460 g/mol. The number of carbonyl (C=O) groups is 2. The molecule has 6 rings (SSSR count). The molecule has 2 aromatic carbocycles. The van der Waals surface area contributed by atoms with E-state index >= 15 is 0 Å². The number of anilines is 1. The van der Waals surface area contributed by atoms with Crippen LogP contribution in [0.2, 0.25) is 0 Å². The second kappa shape index (κ2) is 7.98. The number of hydrogen-bond acceptors (Lipinski definition) is 5. The molecule has 2 saturated heterocycles. The maximum absolute atomic E-state index is 14.4. The molecule has 0 aliphatic carbocycles. The molecule has 0 radical (unpaired) electrons. The van der Waals surface area contributed by atoms with Gasteiger partial charge in [-0.05, 0) is 24.3 Å². The maximum atomic E-state index is 14.4. The van der Waals surface area contributed by atoms with Crippen LogP contribution < -0.4 is 10.2 Å². The molecule has 0 unspecified atom stereocenters. The van der Waals surface area contributed by atoms with Gasteiger partial charge in [-0.2, -0.15) is 5.10 Å². The normalized spacial score (nSPS) is 19.7. The van der Waals surface area contributed by atoms with Crippen molar-refractivity contribution in [3.63, 3.8) is 0 Å². The molecule has 9 nitrogen and oxygen atoms in total. The Bertz CT molecular complexity index is 1380. The Morgan fingerprint density at radius 2 is 1.94 bits per heavy atom. The topological polar surface area (TPSA) is 96.5 Å². The zero-order valence-electron chi connectivity index (χ0n) is 18.1. The molecule has 0 bridgehead atoms. The van der Waals surface area contributed by atoms with Gasteiger partial charge in [-0.1, -0.05) is 18.2 Å². The van der Waals surface area contributed by atoms with E-state index in [1.807, 2.05) is 18.2 Å². The second-order valence-electron chi connectivity index (χ2n) is 8.56. The van der Waals surface area contributed by atoms with Crippen molar-refractivity contribution in [3.05, 3.63) is 72.8 Å². The molecule has 0 spiro atoms. The van der Waals surface area contributed by atoms with E-state index in [-0.39, 0.29) is 36.1 Å². The molecule has 3 amide bonds. The Labute approximate surface area is 193 Å². The summed E-state index contributed by atoms with van der Waals surface area (Å²) in [5.74, 6) is -0.0275. The Morgan fingerprint density at radius 3 is 2.74 bits per heavy atom. The van der Waals surface area contributed by atoms with Gasteiger partial charge in [-0.3, -0.25) is 4.79 Å². The van der Waals surface area contributed by atoms with E-state index in [1.54, 1.807) is 45.1 Å². The van der Waals surface area contributed by atoms with E-state index in [4.69, 9.17) is 4.42 Å². The predicted molar refractivity (Wildman–Crippen MR) is 121 cm³/mol. The number of aromatic nitrogens is 3. The Balaban J connectivity index is 1.21. The minimum absolute atomic E-state index is 0.0123. The fourth-order valence-corrected chi connectivity index (χ4v) is 4.93. The van der Waals surface area contributed by atoms with Crippen molar-refractivity contribution in [2.75, 3.05) is 24.5 Å². The van der Waals surface area contributed by atoms with E-state index in [0.29, 0.717) is 31.1 Å². The van der Waals surface area contributed by atoms with Crippen molar-refractivity contribution in [2.24, 2.45) is 11.8 Å². The van der Waals surface area contributed by atoms with Crippen LogP contribution in [0.3, 0.4) is 0 Å². The van der Waals surface area contributed by atoms with Gasteiger partial charge in [0.05, 0.1) is 36.1 Å². The Morgan fingerprint density at radius 1 is 1.09 bits per heavy atom. The van der Waals surface area contributed by atoms with Crippen LogP contribution in [-0.4, -0.2) is 51.2 Å². The molecule has 0 saturated carbocycles. The van der Waals surface area contributed by atoms with E-state index in [2.05, 4.69) is 15.4 Å². The van der Waals surface area contributed by atoms with Gasteiger partial charge in [0.1, 0.15) is 17.3 Å². The Kier molecular flexibility index (Phi) is 4.79. The number of likely N-dealkylation sites (tertiary alicyclic amines) is 1. The van der Waals surface area contributed by atoms with Gasteiger partial charge in [0, 0.05) is 30.9 Å². The number of amides is 3. The molecule has 4 aromatic rings. The number of urea groups is 1. The average Bonchev–Trinajstić information content (AvgIpc) is 3.63. The van der Waals surface area contributed by atoms with Crippen LogP contribution in [0, 0.1) is 17.7 Å². The van der Waals surface area contributed by atoms with Crippen LogP contribution in [0.15, 0.2) is 65.7 Å². The number of benzene rings is 2. The van der Waals surface area contributed by atoms with Crippen LogP contribution in [-0.2, 0) is 11.3 Å². The van der Waals surface area contributed by atoms with E-state index in [9.17, 15) is 14.0 Å². The molecular weight excluding hydrogens is 439 g/mol. The highest BCUT2D eigenvalue weighted by molar-refractivity contribution is 6.05. The van der Waals surface area contributed by atoms with Crippen LogP contribution in [0.25, 0.3) is 16.6 Å². The molecule has 1 N–H and O–H groups in total. The lowest BCUT2D eigenvalue weighted by atomic mass is 10.0. The molecule has 2 aliphatic rings. The van der Waals surface area contributed by atoms with Gasteiger partial charge in [0.15, 0.2) is 6.39 Å². The first kappa shape index (κ1) is 20.4. The van der Waals surface area contributed by atoms with E-state index in [1.165, 1.54) is 12.5 Å². The van der Waals surface area contributed by atoms with Gasteiger partial charge < -0.3 is 19.5 Å². The first-order valence-electron chi connectivity index (χ1n) is 11.0. The first-order chi connectivity index (χ1) is 16.6. The van der Waals surface area contributed by atoms with Crippen molar-refractivity contribution in [3.8, 4) is 5.69 Å². The Hall–Kier alpha value is -4.21. The van der Waals surface area contributed by atoms with Crippen LogP contribution in [0.4, 0.5) is 14.9 Å². The average molecular weight is 460 g/mol. The number of para-hydroxylation sites is 1. The summed E-state index contributed by atoms with van der Waals surface area (Å²) in [5.41, 5.74) is 1.83. The molecule has 2 aliphatic heterocycles. The van der Waals surface area contributed by atoms with Gasteiger partial charge in [-0.25, -0.2) is 18.9 Å². The van der Waals surface area contributed by atoms with Gasteiger partial charge in [-0.15, -0.1) is 0 Å². The molecule has 2 fully saturated rings. The fourth-order valence-electron chi connectivity index (χ4n) is 4.93. The first-order valence-corrected chi connectivity index (χ1v) is 11.0. The number of carbonyl (C=O) groups excluding carboxylic acids is 2. The third-order valence-electron chi connectivity index (χ3n) is 6.59. The summed E-state index contributed by atoms with van der Waals surface area (Å²) in [5, 5.41) is 7.98. The van der Waals surface area contributed by atoms with Crippen LogP contribution in [0.1, 0.15) is 5.76 Å². The minimum atomic E-state index is -0.369. The fraction of sp³-hybridized carbons (Fsp3) is 0.250. The highest BCUT2D eigenvalue weighted by Gasteiger charge is 2.48. The number of fused-ring (bicyclic) bond motifs is 2. The number of halogens is 1. The third kappa shape index (κ3) is 3.30. The second-order valence-corrected chi connectivity index (χ2v) is 8.56. The quantitative estimate of drug-likeness (QED) is 0.505. The summed E-state index contributed by atoms with van der Waals surface area (Å²) in [7, 11) is 0. The van der Waals surface area contributed by atoms with E-state index < -0.39 is 0 Å². The van der Waals surface area contributed by atoms with E-state index in [0.717, 1.165) is 16.6 Å². The van der Waals surface area contributed by atoms with Gasteiger partial charge >= 0.3 is 6.03 Å². The molecule has 10 heteroatoms. The zero-order valence-corrected chi connectivity index (χ0v) is 18.1. The lowest BCUT2D eigenvalue weighted by Gasteiger charge is -2.22. The summed E-state index contributed by atoms with van der Waals surface area (Å²) >= 11 is 0. The molecule has 2 aromatic heterocycles. The summed E-state index contributed by atoms with van der Waals surface area (Å²) < 4.78 is 21.1. The smallest absolute Gasteiger partial charge is 0.317 e. The number of rotatable bonds is 4. The largest absolute Gasteiger partial charge is 0.447 e. The summed E-state index contributed by atoms with van der Waals surface area (Å²) in [4.78, 5) is 33.2. The van der Waals surface area contributed by atoms with Gasteiger partial charge in [0.25, 0.3) is 0 Å². The van der Waals surface area contributed by atoms with Gasteiger partial charge in [0.2, 0.25) is 5.91 Å². The molecule has 2 atom stereocenters. The van der Waals surface area contributed by atoms with Crippen molar-refractivity contribution >= 4 is 28.5 Å². The van der Waals surface area contributed by atoms with Crippen molar-refractivity contribution in [1.29, 1.82) is 0 Å². The van der Waals surface area contributed by atoms with Crippen molar-refractivity contribution < 1.29 is 18.4 Å². The minimum Gasteiger partial charge on any atom is -0.447 e. The molecule has 4 heterocycles. The summed E-state index contributed by atoms with van der Waals surface area (Å²) in [6, 6.07) is 11.8. The molecular formula is C24H21FN6O3. The zero-order chi connectivity index (χ0) is 23.2. The lowest BCUT2D eigenvalue weighted by molar-refractivity contribution is -0.120. The molecule has 34 heavy (non-hydrogen) atoms.